The smallest absolute Gasteiger partial charge is 0.0435 e. The number of nitrogens with two attached hydrogens (primary N) is 1. The van der Waals surface area contributed by atoms with Crippen molar-refractivity contribution in [3.8, 4) is 0 Å². The van der Waals surface area contributed by atoms with E-state index in [1.165, 1.54) is 4.90 Å². The minimum absolute atomic E-state index is 0.0749. The molecule has 0 radical (unpaired) electrons. The molecule has 0 aliphatic heterocycles. The van der Waals surface area contributed by atoms with E-state index in [-0.39, 0.29) is 5.54 Å². The first-order chi connectivity index (χ1) is 6.88. The number of rotatable bonds is 4. The van der Waals surface area contributed by atoms with E-state index in [1.54, 1.807) is 0 Å². The van der Waals surface area contributed by atoms with Crippen LogP contribution >= 0.6 is 23.4 Å². The molecule has 0 saturated heterocycles. The van der Waals surface area contributed by atoms with E-state index >= 15 is 0 Å². The minimum atomic E-state index is -0.0749. The second-order valence-electron chi connectivity index (χ2n) is 4.50. The van der Waals surface area contributed by atoms with Crippen LogP contribution in [0.25, 0.3) is 0 Å². The summed E-state index contributed by atoms with van der Waals surface area (Å²) in [7, 11) is 0. The van der Waals surface area contributed by atoms with E-state index in [4.69, 9.17) is 17.3 Å². The van der Waals surface area contributed by atoms with Crippen LogP contribution in [0.4, 0.5) is 0 Å². The first-order valence-corrected chi connectivity index (χ1v) is 6.43. The van der Waals surface area contributed by atoms with Gasteiger partial charge in [-0.3, -0.25) is 0 Å². The SMILES string of the molecule is Cc1cc(SCCC(C)(C)N)ccc1Cl. The summed E-state index contributed by atoms with van der Waals surface area (Å²) in [6.45, 7) is 6.14. The molecular weight excluding hydrogens is 226 g/mol. The lowest BCUT2D eigenvalue weighted by Gasteiger charge is -2.17. The van der Waals surface area contributed by atoms with Gasteiger partial charge in [0.15, 0.2) is 0 Å². The van der Waals surface area contributed by atoms with Gasteiger partial charge in [0.1, 0.15) is 0 Å². The van der Waals surface area contributed by atoms with Crippen LogP contribution in [-0.4, -0.2) is 11.3 Å². The van der Waals surface area contributed by atoms with E-state index in [2.05, 4.69) is 26.0 Å². The average molecular weight is 244 g/mol. The molecule has 0 spiro atoms. The van der Waals surface area contributed by atoms with E-state index in [0.29, 0.717) is 0 Å². The van der Waals surface area contributed by atoms with Crippen molar-refractivity contribution in [2.45, 2.75) is 37.6 Å². The Morgan fingerprint density at radius 3 is 2.60 bits per heavy atom. The maximum absolute atomic E-state index is 5.96. The molecule has 1 nitrogen and oxygen atoms in total. The Balaban J connectivity index is 2.48. The fourth-order valence-electron chi connectivity index (χ4n) is 1.14. The van der Waals surface area contributed by atoms with Gasteiger partial charge in [0.05, 0.1) is 0 Å². The second kappa shape index (κ2) is 5.24. The largest absolute Gasteiger partial charge is 0.326 e. The van der Waals surface area contributed by atoms with Crippen molar-refractivity contribution in [3.05, 3.63) is 28.8 Å². The van der Waals surface area contributed by atoms with Crippen molar-refractivity contribution in [2.24, 2.45) is 5.73 Å². The van der Waals surface area contributed by atoms with E-state index in [1.807, 2.05) is 24.8 Å². The highest BCUT2D eigenvalue weighted by molar-refractivity contribution is 7.99. The molecule has 2 N–H and O–H groups in total. The third-order valence-corrected chi connectivity index (χ3v) is 3.56. The molecule has 0 bridgehead atoms. The molecule has 0 amide bonds. The highest BCUT2D eigenvalue weighted by Gasteiger charge is 2.10. The molecule has 0 heterocycles. The van der Waals surface area contributed by atoms with Gasteiger partial charge >= 0.3 is 0 Å². The predicted octanol–water partition coefficient (Wildman–Crippen LogP) is 3.87. The van der Waals surface area contributed by atoms with Crippen molar-refractivity contribution in [1.29, 1.82) is 0 Å². The number of hydrogen-bond donors (Lipinski definition) is 1. The van der Waals surface area contributed by atoms with Crippen LogP contribution in [0.1, 0.15) is 25.8 Å². The Labute approximate surface area is 101 Å². The van der Waals surface area contributed by atoms with Crippen molar-refractivity contribution in [2.75, 3.05) is 5.75 Å². The molecule has 84 valence electrons. The zero-order valence-electron chi connectivity index (χ0n) is 9.51. The molecule has 3 heteroatoms. The van der Waals surface area contributed by atoms with Crippen LogP contribution in [-0.2, 0) is 0 Å². The van der Waals surface area contributed by atoms with Gasteiger partial charge in [0.25, 0.3) is 0 Å². The molecule has 0 fully saturated rings. The lowest BCUT2D eigenvalue weighted by molar-refractivity contribution is 0.506. The Kier molecular flexibility index (Phi) is 4.50. The lowest BCUT2D eigenvalue weighted by atomic mass is 10.0. The minimum Gasteiger partial charge on any atom is -0.326 e. The number of aryl methyl sites for hydroxylation is 1. The molecule has 0 unspecified atom stereocenters. The maximum atomic E-state index is 5.96. The summed E-state index contributed by atoms with van der Waals surface area (Å²) in [6, 6.07) is 6.13. The zero-order chi connectivity index (χ0) is 11.5. The molecule has 0 aliphatic rings. The average Bonchev–Trinajstić information content (AvgIpc) is 2.09. The predicted molar refractivity (Wildman–Crippen MR) is 69.8 cm³/mol. The summed E-state index contributed by atoms with van der Waals surface area (Å²) in [6.07, 6.45) is 1.01. The van der Waals surface area contributed by atoms with Gasteiger partial charge in [-0.1, -0.05) is 11.6 Å². The molecule has 0 atom stereocenters. The maximum Gasteiger partial charge on any atom is 0.0435 e. The Morgan fingerprint density at radius 1 is 1.40 bits per heavy atom. The summed E-state index contributed by atoms with van der Waals surface area (Å²) in [4.78, 5) is 1.26. The standard InChI is InChI=1S/C12H18ClNS/c1-9-8-10(4-5-11(9)13)15-7-6-12(2,3)14/h4-5,8H,6-7,14H2,1-3H3. The van der Waals surface area contributed by atoms with Crippen molar-refractivity contribution < 1.29 is 0 Å². The number of hydrogen-bond acceptors (Lipinski definition) is 2. The summed E-state index contributed by atoms with van der Waals surface area (Å²) in [5.41, 5.74) is 6.98. The van der Waals surface area contributed by atoms with E-state index < -0.39 is 0 Å². The van der Waals surface area contributed by atoms with Gasteiger partial charge in [-0.25, -0.2) is 0 Å². The van der Waals surface area contributed by atoms with Crippen molar-refractivity contribution in [1.82, 2.24) is 0 Å². The number of halogens is 1. The highest BCUT2D eigenvalue weighted by atomic mass is 35.5. The molecular formula is C12H18ClNS. The molecule has 0 aliphatic carbocycles. The Bertz CT molecular complexity index is 331. The van der Waals surface area contributed by atoms with Crippen LogP contribution in [0.3, 0.4) is 0 Å². The monoisotopic (exact) mass is 243 g/mol. The Morgan fingerprint density at radius 2 is 2.07 bits per heavy atom. The highest BCUT2D eigenvalue weighted by Crippen LogP contribution is 2.25. The first-order valence-electron chi connectivity index (χ1n) is 5.06. The molecule has 0 saturated carbocycles. The fourth-order valence-corrected chi connectivity index (χ4v) is 2.54. The molecule has 1 rings (SSSR count). The molecule has 0 aromatic heterocycles. The number of benzene rings is 1. The molecule has 1 aromatic rings. The first kappa shape index (κ1) is 12.9. The third kappa shape index (κ3) is 4.92. The molecule has 1 aromatic carbocycles. The van der Waals surface area contributed by atoms with Crippen LogP contribution in [0, 0.1) is 6.92 Å². The van der Waals surface area contributed by atoms with Crippen LogP contribution < -0.4 is 5.73 Å². The van der Waals surface area contributed by atoms with Gasteiger partial charge in [0.2, 0.25) is 0 Å². The van der Waals surface area contributed by atoms with Crippen LogP contribution in [0.5, 0.6) is 0 Å². The van der Waals surface area contributed by atoms with Gasteiger partial charge < -0.3 is 5.73 Å². The third-order valence-electron chi connectivity index (χ3n) is 2.14. The van der Waals surface area contributed by atoms with E-state index in [0.717, 1.165) is 22.8 Å². The molecule has 15 heavy (non-hydrogen) atoms. The van der Waals surface area contributed by atoms with Crippen LogP contribution in [0.15, 0.2) is 23.1 Å². The van der Waals surface area contributed by atoms with Gasteiger partial charge in [-0.05, 0) is 56.7 Å². The summed E-state index contributed by atoms with van der Waals surface area (Å²) < 4.78 is 0. The van der Waals surface area contributed by atoms with Gasteiger partial charge in [-0.15, -0.1) is 11.8 Å². The topological polar surface area (TPSA) is 26.0 Å². The van der Waals surface area contributed by atoms with E-state index in [9.17, 15) is 0 Å². The second-order valence-corrected chi connectivity index (χ2v) is 6.07. The quantitative estimate of drug-likeness (QED) is 0.813. The number of thioether (sulfide) groups is 1. The van der Waals surface area contributed by atoms with Crippen LogP contribution in [0.2, 0.25) is 5.02 Å². The summed E-state index contributed by atoms with van der Waals surface area (Å²) >= 11 is 7.79. The normalized spacial score (nSPS) is 11.8. The van der Waals surface area contributed by atoms with Gasteiger partial charge in [-0.2, -0.15) is 0 Å². The summed E-state index contributed by atoms with van der Waals surface area (Å²) in [5, 5.41) is 0.832. The zero-order valence-corrected chi connectivity index (χ0v) is 11.1. The van der Waals surface area contributed by atoms with Crippen molar-refractivity contribution >= 4 is 23.4 Å². The fraction of sp³-hybridized carbons (Fsp3) is 0.500. The lowest BCUT2D eigenvalue weighted by Crippen LogP contribution is -2.32. The Hall–Kier alpha value is -0.180. The summed E-state index contributed by atoms with van der Waals surface area (Å²) in [5.74, 6) is 1.05. The van der Waals surface area contributed by atoms with Crippen molar-refractivity contribution in [3.63, 3.8) is 0 Å². The van der Waals surface area contributed by atoms with Gasteiger partial charge in [0, 0.05) is 15.5 Å².